The molecule has 1 aromatic rings. The van der Waals surface area contributed by atoms with Gasteiger partial charge in [0, 0.05) is 6.54 Å². The Morgan fingerprint density at radius 2 is 2.22 bits per heavy atom. The summed E-state index contributed by atoms with van der Waals surface area (Å²) in [5.74, 6) is 1.02. The number of aromatic nitrogens is 1. The number of halogens is 1. The molecule has 5 nitrogen and oxygen atoms in total. The van der Waals surface area contributed by atoms with Gasteiger partial charge in [0.05, 0.1) is 22.9 Å². The number of carbonyl (C=O) groups excluding carboxylic acids is 1. The average molecular weight is 315 g/mol. The van der Waals surface area contributed by atoms with E-state index in [2.05, 4.69) is 45.4 Å². The topological polar surface area (TPSA) is 80.0 Å². The maximum atomic E-state index is 11.5. The zero-order valence-electron chi connectivity index (χ0n) is 10.9. The largest absolute Gasteiger partial charge is 0.397 e. The molecular weight excluding hydrogens is 296 g/mol. The van der Waals surface area contributed by atoms with Crippen molar-refractivity contribution in [2.75, 3.05) is 24.1 Å². The summed E-state index contributed by atoms with van der Waals surface area (Å²) in [6.07, 6.45) is 1.58. The molecule has 4 N–H and O–H groups in total. The van der Waals surface area contributed by atoms with Crippen LogP contribution in [0.1, 0.15) is 19.4 Å². The molecule has 0 radical (unpaired) electrons. The van der Waals surface area contributed by atoms with E-state index in [9.17, 15) is 4.79 Å². The first-order chi connectivity index (χ1) is 8.41. The van der Waals surface area contributed by atoms with Crippen molar-refractivity contribution in [2.24, 2.45) is 5.92 Å². The molecular formula is C12H19BrN4O. The second kappa shape index (κ2) is 6.58. The quantitative estimate of drug-likeness (QED) is 0.775. The molecule has 0 aliphatic carbocycles. The SMILES string of the molecule is Cc1c(N)cnc(NCC(=O)NCC(C)C)c1Br. The third-order valence-electron chi connectivity index (χ3n) is 2.43. The molecule has 18 heavy (non-hydrogen) atoms. The summed E-state index contributed by atoms with van der Waals surface area (Å²) in [7, 11) is 0. The number of rotatable bonds is 5. The van der Waals surface area contributed by atoms with Crippen LogP contribution in [0.2, 0.25) is 0 Å². The van der Waals surface area contributed by atoms with Gasteiger partial charge in [0.15, 0.2) is 0 Å². The molecule has 0 bridgehead atoms. The van der Waals surface area contributed by atoms with Crippen molar-refractivity contribution >= 4 is 33.3 Å². The highest BCUT2D eigenvalue weighted by Gasteiger charge is 2.08. The fourth-order valence-electron chi connectivity index (χ4n) is 1.26. The first-order valence-electron chi connectivity index (χ1n) is 5.83. The molecule has 0 saturated heterocycles. The molecule has 100 valence electrons. The molecule has 0 aliphatic heterocycles. The van der Waals surface area contributed by atoms with E-state index in [1.165, 1.54) is 0 Å². The molecule has 0 aromatic carbocycles. The number of amides is 1. The summed E-state index contributed by atoms with van der Waals surface area (Å²) < 4.78 is 0.791. The predicted octanol–water partition coefficient (Wildman–Crippen LogP) is 1.92. The summed E-state index contributed by atoms with van der Waals surface area (Å²) in [4.78, 5) is 15.7. The highest BCUT2D eigenvalue weighted by Crippen LogP contribution is 2.27. The number of nitrogens with two attached hydrogens (primary N) is 1. The molecule has 1 aromatic heterocycles. The van der Waals surface area contributed by atoms with Gasteiger partial charge >= 0.3 is 0 Å². The van der Waals surface area contributed by atoms with Crippen LogP contribution in [0.25, 0.3) is 0 Å². The first kappa shape index (κ1) is 14.8. The lowest BCUT2D eigenvalue weighted by atomic mass is 10.2. The maximum Gasteiger partial charge on any atom is 0.239 e. The minimum absolute atomic E-state index is 0.0492. The van der Waals surface area contributed by atoms with E-state index in [1.807, 2.05) is 6.92 Å². The van der Waals surface area contributed by atoms with Gasteiger partial charge in [-0.3, -0.25) is 4.79 Å². The predicted molar refractivity (Wildman–Crippen MR) is 77.4 cm³/mol. The number of nitrogens with zero attached hydrogens (tertiary/aromatic N) is 1. The Labute approximate surface area is 116 Å². The molecule has 0 atom stereocenters. The Morgan fingerprint density at radius 3 is 2.83 bits per heavy atom. The Kier molecular flexibility index (Phi) is 5.40. The average Bonchev–Trinajstić information content (AvgIpc) is 2.32. The molecule has 1 rings (SSSR count). The van der Waals surface area contributed by atoms with Crippen LogP contribution < -0.4 is 16.4 Å². The van der Waals surface area contributed by atoms with E-state index in [4.69, 9.17) is 5.73 Å². The van der Waals surface area contributed by atoms with E-state index in [1.54, 1.807) is 6.20 Å². The molecule has 0 unspecified atom stereocenters. The van der Waals surface area contributed by atoms with Gasteiger partial charge in [-0.25, -0.2) is 4.98 Å². The smallest absolute Gasteiger partial charge is 0.239 e. The normalized spacial score (nSPS) is 10.5. The van der Waals surface area contributed by atoms with Crippen LogP contribution in [0.4, 0.5) is 11.5 Å². The lowest BCUT2D eigenvalue weighted by Crippen LogP contribution is -2.32. The molecule has 6 heteroatoms. The van der Waals surface area contributed by atoms with Crippen molar-refractivity contribution in [3.63, 3.8) is 0 Å². The number of hydrogen-bond acceptors (Lipinski definition) is 4. The Bertz CT molecular complexity index is 434. The van der Waals surface area contributed by atoms with Gasteiger partial charge in [-0.1, -0.05) is 13.8 Å². The summed E-state index contributed by atoms with van der Waals surface area (Å²) >= 11 is 3.41. The van der Waals surface area contributed by atoms with Crippen LogP contribution >= 0.6 is 15.9 Å². The van der Waals surface area contributed by atoms with Crippen molar-refractivity contribution in [2.45, 2.75) is 20.8 Å². The fraction of sp³-hybridized carbons (Fsp3) is 0.500. The van der Waals surface area contributed by atoms with Gasteiger partial charge in [0.2, 0.25) is 5.91 Å². The highest BCUT2D eigenvalue weighted by molar-refractivity contribution is 9.10. The van der Waals surface area contributed by atoms with Crippen LogP contribution in [0.5, 0.6) is 0 Å². The van der Waals surface area contributed by atoms with Gasteiger partial charge in [0.1, 0.15) is 5.82 Å². The monoisotopic (exact) mass is 314 g/mol. The highest BCUT2D eigenvalue weighted by atomic mass is 79.9. The number of anilines is 2. The zero-order chi connectivity index (χ0) is 13.7. The van der Waals surface area contributed by atoms with E-state index in [-0.39, 0.29) is 12.5 Å². The molecule has 1 heterocycles. The van der Waals surface area contributed by atoms with Crippen LogP contribution in [-0.2, 0) is 4.79 Å². The third kappa shape index (κ3) is 4.18. The third-order valence-corrected chi connectivity index (χ3v) is 3.40. The van der Waals surface area contributed by atoms with Crippen LogP contribution in [-0.4, -0.2) is 24.0 Å². The Hall–Kier alpha value is -1.30. The van der Waals surface area contributed by atoms with Crippen molar-refractivity contribution < 1.29 is 4.79 Å². The second-order valence-corrected chi connectivity index (χ2v) is 5.35. The number of nitrogen functional groups attached to an aromatic ring is 1. The summed E-state index contributed by atoms with van der Waals surface area (Å²) in [5.41, 5.74) is 7.26. The lowest BCUT2D eigenvalue weighted by molar-refractivity contribution is -0.119. The van der Waals surface area contributed by atoms with Gasteiger partial charge in [0.25, 0.3) is 0 Å². The van der Waals surface area contributed by atoms with Crippen LogP contribution in [0.3, 0.4) is 0 Å². The second-order valence-electron chi connectivity index (χ2n) is 4.55. The van der Waals surface area contributed by atoms with E-state index in [0.29, 0.717) is 24.0 Å². The van der Waals surface area contributed by atoms with Crippen molar-refractivity contribution in [3.8, 4) is 0 Å². The molecule has 0 saturated carbocycles. The van der Waals surface area contributed by atoms with Crippen molar-refractivity contribution in [3.05, 3.63) is 16.2 Å². The maximum absolute atomic E-state index is 11.5. The lowest BCUT2D eigenvalue weighted by Gasteiger charge is -2.11. The molecule has 0 spiro atoms. The molecule has 1 amide bonds. The summed E-state index contributed by atoms with van der Waals surface area (Å²) in [6, 6.07) is 0. The molecule has 0 aliphatic rings. The number of nitrogens with one attached hydrogen (secondary N) is 2. The summed E-state index contributed by atoms with van der Waals surface area (Å²) in [6.45, 7) is 6.87. The molecule has 0 fully saturated rings. The first-order valence-corrected chi connectivity index (χ1v) is 6.62. The van der Waals surface area contributed by atoms with Crippen molar-refractivity contribution in [1.82, 2.24) is 10.3 Å². The minimum atomic E-state index is -0.0492. The van der Waals surface area contributed by atoms with E-state index >= 15 is 0 Å². The van der Waals surface area contributed by atoms with Gasteiger partial charge in [-0.15, -0.1) is 0 Å². The standard InChI is InChI=1S/C12H19BrN4O/c1-7(2)4-15-10(18)6-17-12-11(13)8(3)9(14)5-16-12/h5,7H,4,6,14H2,1-3H3,(H,15,18)(H,16,17). The van der Waals surface area contributed by atoms with E-state index < -0.39 is 0 Å². The minimum Gasteiger partial charge on any atom is -0.397 e. The number of pyridine rings is 1. The van der Waals surface area contributed by atoms with Gasteiger partial charge in [-0.05, 0) is 34.3 Å². The zero-order valence-corrected chi connectivity index (χ0v) is 12.5. The van der Waals surface area contributed by atoms with Crippen LogP contribution in [0.15, 0.2) is 10.7 Å². The van der Waals surface area contributed by atoms with Gasteiger partial charge in [-0.2, -0.15) is 0 Å². The number of carbonyl (C=O) groups is 1. The Morgan fingerprint density at radius 1 is 1.56 bits per heavy atom. The van der Waals surface area contributed by atoms with E-state index in [0.717, 1.165) is 10.0 Å². The number of hydrogen-bond donors (Lipinski definition) is 3. The summed E-state index contributed by atoms with van der Waals surface area (Å²) in [5, 5.41) is 5.81. The van der Waals surface area contributed by atoms with Gasteiger partial charge < -0.3 is 16.4 Å². The van der Waals surface area contributed by atoms with Crippen LogP contribution in [0, 0.1) is 12.8 Å². The fourth-order valence-corrected chi connectivity index (χ4v) is 1.73. The Balaban J connectivity index is 2.54. The van der Waals surface area contributed by atoms with Crippen molar-refractivity contribution in [1.29, 1.82) is 0 Å².